The number of ether oxygens (including phenoxy) is 1. The first-order chi connectivity index (χ1) is 7.30. The van der Waals surface area contributed by atoms with E-state index in [1.165, 1.54) is 0 Å². The van der Waals surface area contributed by atoms with Crippen molar-refractivity contribution in [1.29, 1.82) is 0 Å². The fraction of sp³-hybridized carbons (Fsp3) is 0.800. The number of amides is 2. The van der Waals surface area contributed by atoms with E-state index in [4.69, 9.17) is 15.3 Å². The number of carbonyl (C=O) groups is 2. The van der Waals surface area contributed by atoms with Gasteiger partial charge in [0, 0.05) is 19.1 Å². The Kier molecular flexibility index (Phi) is 5.81. The topological polar surface area (TPSA) is 98.7 Å². The van der Waals surface area contributed by atoms with Gasteiger partial charge < -0.3 is 21.1 Å². The van der Waals surface area contributed by atoms with E-state index in [1.54, 1.807) is 4.90 Å². The van der Waals surface area contributed by atoms with Gasteiger partial charge in [0.15, 0.2) is 0 Å². The van der Waals surface area contributed by atoms with Gasteiger partial charge in [-0.15, -0.1) is 0 Å². The Hall–Kier alpha value is -1.30. The molecule has 1 saturated heterocycles. The SMILES string of the molecule is CC(C)(C)OC(=O)N1CCC(N)C1.NC=O. The van der Waals surface area contributed by atoms with E-state index < -0.39 is 5.60 Å². The van der Waals surface area contributed by atoms with Crippen molar-refractivity contribution in [3.8, 4) is 0 Å². The minimum absolute atomic E-state index is 0.118. The van der Waals surface area contributed by atoms with Crippen LogP contribution in [0, 0.1) is 0 Å². The van der Waals surface area contributed by atoms with Gasteiger partial charge in [-0.25, -0.2) is 4.79 Å². The van der Waals surface area contributed by atoms with Gasteiger partial charge in [-0.1, -0.05) is 0 Å². The minimum atomic E-state index is -0.413. The molecule has 0 radical (unpaired) electrons. The van der Waals surface area contributed by atoms with Crippen molar-refractivity contribution in [2.24, 2.45) is 11.5 Å². The van der Waals surface area contributed by atoms with Crippen LogP contribution >= 0.6 is 0 Å². The third kappa shape index (κ3) is 6.23. The Morgan fingerprint density at radius 3 is 2.31 bits per heavy atom. The smallest absolute Gasteiger partial charge is 0.410 e. The predicted octanol–water partition coefficient (Wildman–Crippen LogP) is 0.0560. The van der Waals surface area contributed by atoms with Gasteiger partial charge in [0.2, 0.25) is 6.41 Å². The zero-order valence-electron chi connectivity index (χ0n) is 10.1. The Morgan fingerprint density at radius 1 is 1.50 bits per heavy atom. The van der Waals surface area contributed by atoms with E-state index in [9.17, 15) is 4.79 Å². The maximum atomic E-state index is 11.5. The largest absolute Gasteiger partial charge is 0.444 e. The number of rotatable bonds is 0. The van der Waals surface area contributed by atoms with Crippen LogP contribution in [0.25, 0.3) is 0 Å². The molecule has 1 fully saturated rings. The second-order valence-corrected chi connectivity index (χ2v) is 4.61. The Bertz CT molecular complexity index is 238. The summed E-state index contributed by atoms with van der Waals surface area (Å²) < 4.78 is 5.20. The van der Waals surface area contributed by atoms with Crippen molar-refractivity contribution < 1.29 is 14.3 Å². The molecule has 0 bridgehead atoms. The molecule has 1 heterocycles. The van der Waals surface area contributed by atoms with Gasteiger partial charge >= 0.3 is 6.09 Å². The molecular formula is C10H21N3O3. The number of hydrogen-bond acceptors (Lipinski definition) is 4. The highest BCUT2D eigenvalue weighted by atomic mass is 16.6. The van der Waals surface area contributed by atoms with Crippen LogP contribution in [0.3, 0.4) is 0 Å². The van der Waals surface area contributed by atoms with Crippen molar-refractivity contribution in [3.05, 3.63) is 0 Å². The molecule has 0 aromatic carbocycles. The molecule has 2 amide bonds. The monoisotopic (exact) mass is 231 g/mol. The second kappa shape index (κ2) is 6.32. The zero-order chi connectivity index (χ0) is 12.8. The first kappa shape index (κ1) is 14.7. The summed E-state index contributed by atoms with van der Waals surface area (Å²) in [4.78, 5) is 21.7. The summed E-state index contributed by atoms with van der Waals surface area (Å²) >= 11 is 0. The van der Waals surface area contributed by atoms with E-state index in [-0.39, 0.29) is 18.5 Å². The van der Waals surface area contributed by atoms with E-state index in [1.807, 2.05) is 20.8 Å². The van der Waals surface area contributed by atoms with Gasteiger partial charge in [0.1, 0.15) is 5.60 Å². The van der Waals surface area contributed by atoms with Crippen LogP contribution in [-0.2, 0) is 9.53 Å². The molecule has 6 nitrogen and oxygen atoms in total. The Balaban J connectivity index is 0.000000673. The van der Waals surface area contributed by atoms with Crippen LogP contribution in [0.2, 0.25) is 0 Å². The molecule has 16 heavy (non-hydrogen) atoms. The lowest BCUT2D eigenvalue weighted by Gasteiger charge is -2.24. The van der Waals surface area contributed by atoms with Crippen molar-refractivity contribution in [2.75, 3.05) is 13.1 Å². The van der Waals surface area contributed by atoms with Gasteiger partial charge in [0.05, 0.1) is 0 Å². The molecule has 0 aromatic rings. The number of nitrogens with zero attached hydrogens (tertiary/aromatic N) is 1. The minimum Gasteiger partial charge on any atom is -0.444 e. The lowest BCUT2D eigenvalue weighted by Crippen LogP contribution is -2.36. The highest BCUT2D eigenvalue weighted by molar-refractivity contribution is 5.68. The summed E-state index contributed by atoms with van der Waals surface area (Å²) in [5, 5.41) is 0. The number of hydrogen-bond donors (Lipinski definition) is 2. The summed E-state index contributed by atoms with van der Waals surface area (Å²) in [6.45, 7) is 6.92. The molecule has 0 saturated carbocycles. The number of likely N-dealkylation sites (tertiary alicyclic amines) is 1. The highest BCUT2D eigenvalue weighted by Crippen LogP contribution is 2.13. The normalized spacial score (nSPS) is 19.8. The molecule has 1 atom stereocenters. The first-order valence-corrected chi connectivity index (χ1v) is 5.19. The Labute approximate surface area is 95.9 Å². The van der Waals surface area contributed by atoms with Gasteiger partial charge in [0.25, 0.3) is 0 Å². The van der Waals surface area contributed by atoms with Crippen molar-refractivity contribution in [3.63, 3.8) is 0 Å². The lowest BCUT2D eigenvalue weighted by atomic mass is 10.2. The molecule has 1 aliphatic rings. The number of primary amides is 1. The van der Waals surface area contributed by atoms with E-state index in [0.717, 1.165) is 13.0 Å². The quantitative estimate of drug-likeness (QED) is 0.576. The van der Waals surface area contributed by atoms with E-state index >= 15 is 0 Å². The van der Waals surface area contributed by atoms with Crippen LogP contribution in [0.5, 0.6) is 0 Å². The molecule has 4 N–H and O–H groups in total. The average Bonchev–Trinajstić information content (AvgIpc) is 2.50. The zero-order valence-corrected chi connectivity index (χ0v) is 10.1. The average molecular weight is 231 g/mol. The fourth-order valence-electron chi connectivity index (χ4n) is 1.28. The standard InChI is InChI=1S/C9H18N2O2.CH3NO/c1-9(2,3)13-8(12)11-5-4-7(10)6-11;2-1-3/h7H,4-6,10H2,1-3H3;1H,(H2,2,3). The summed E-state index contributed by atoms with van der Waals surface area (Å²) in [6, 6.07) is 0.118. The van der Waals surface area contributed by atoms with E-state index in [0.29, 0.717) is 6.54 Å². The van der Waals surface area contributed by atoms with Crippen molar-refractivity contribution in [1.82, 2.24) is 4.90 Å². The molecule has 1 aliphatic heterocycles. The molecule has 94 valence electrons. The van der Waals surface area contributed by atoms with Gasteiger partial charge in [-0.05, 0) is 27.2 Å². The summed E-state index contributed by atoms with van der Waals surface area (Å²) in [7, 11) is 0. The van der Waals surface area contributed by atoms with Gasteiger partial charge in [-0.2, -0.15) is 0 Å². The van der Waals surface area contributed by atoms with Crippen LogP contribution in [0.15, 0.2) is 0 Å². The highest BCUT2D eigenvalue weighted by Gasteiger charge is 2.27. The van der Waals surface area contributed by atoms with Crippen molar-refractivity contribution >= 4 is 12.5 Å². The fourth-order valence-corrected chi connectivity index (χ4v) is 1.28. The van der Waals surface area contributed by atoms with Crippen LogP contribution in [0.1, 0.15) is 27.2 Å². The third-order valence-corrected chi connectivity index (χ3v) is 1.88. The summed E-state index contributed by atoms with van der Waals surface area (Å²) in [5.74, 6) is 0. The van der Waals surface area contributed by atoms with E-state index in [2.05, 4.69) is 5.73 Å². The van der Waals surface area contributed by atoms with Crippen LogP contribution < -0.4 is 11.5 Å². The maximum Gasteiger partial charge on any atom is 0.410 e. The predicted molar refractivity (Wildman–Crippen MR) is 60.7 cm³/mol. The molecule has 1 unspecified atom stereocenters. The molecule has 1 rings (SSSR count). The first-order valence-electron chi connectivity index (χ1n) is 5.19. The number of nitrogens with two attached hydrogens (primary N) is 2. The van der Waals surface area contributed by atoms with Crippen LogP contribution in [-0.4, -0.2) is 42.1 Å². The van der Waals surface area contributed by atoms with Gasteiger partial charge in [-0.3, -0.25) is 4.79 Å². The maximum absolute atomic E-state index is 11.5. The lowest BCUT2D eigenvalue weighted by molar-refractivity contribution is -0.106. The second-order valence-electron chi connectivity index (χ2n) is 4.61. The van der Waals surface area contributed by atoms with Crippen LogP contribution in [0.4, 0.5) is 4.79 Å². The molecule has 0 aromatic heterocycles. The third-order valence-electron chi connectivity index (χ3n) is 1.88. The van der Waals surface area contributed by atoms with Crippen molar-refractivity contribution in [2.45, 2.75) is 38.8 Å². The Morgan fingerprint density at radius 2 is 2.00 bits per heavy atom. The summed E-state index contributed by atoms with van der Waals surface area (Å²) in [5.41, 5.74) is 9.43. The molecule has 0 spiro atoms. The number of carbonyl (C=O) groups excluding carboxylic acids is 2. The molecular weight excluding hydrogens is 210 g/mol. The molecule has 6 heteroatoms. The summed E-state index contributed by atoms with van der Waals surface area (Å²) in [6.07, 6.45) is 0.875. The molecule has 0 aliphatic carbocycles.